The summed E-state index contributed by atoms with van der Waals surface area (Å²) in [5.74, 6) is -1.27. The number of hydrogen-bond acceptors (Lipinski definition) is 5. The van der Waals surface area contributed by atoms with Gasteiger partial charge in [0, 0.05) is 5.10 Å². The van der Waals surface area contributed by atoms with Crippen molar-refractivity contribution in [1.82, 2.24) is 20.1 Å². The zero-order valence-electron chi connectivity index (χ0n) is 14.3. The summed E-state index contributed by atoms with van der Waals surface area (Å²) in [5, 5.41) is 17.1. The van der Waals surface area contributed by atoms with Crippen LogP contribution in [0.1, 0.15) is 38.8 Å². The number of carbonyl (C=O) groups excluding carboxylic acids is 1. The Morgan fingerprint density at radius 2 is 2.00 bits per heavy atom. The molecule has 0 aliphatic heterocycles. The van der Waals surface area contributed by atoms with Crippen LogP contribution >= 0.6 is 0 Å². The van der Waals surface area contributed by atoms with Crippen LogP contribution in [0.3, 0.4) is 0 Å². The normalized spacial score (nSPS) is 12.6. The van der Waals surface area contributed by atoms with Crippen LogP contribution < -0.4 is 5.32 Å². The minimum Gasteiger partial charge on any atom is -0.390 e. The predicted molar refractivity (Wildman–Crippen MR) is 88.0 cm³/mol. The molecule has 0 spiro atoms. The molecule has 0 saturated heterocycles. The van der Waals surface area contributed by atoms with E-state index in [1.807, 2.05) is 20.8 Å². The molecule has 0 aliphatic carbocycles. The van der Waals surface area contributed by atoms with E-state index in [1.54, 1.807) is 12.1 Å². The van der Waals surface area contributed by atoms with E-state index in [2.05, 4.69) is 15.4 Å². The average molecular weight is 349 g/mol. The first-order valence-corrected chi connectivity index (χ1v) is 7.73. The summed E-state index contributed by atoms with van der Waals surface area (Å²) in [6, 6.07) is 5.64. The van der Waals surface area contributed by atoms with Crippen molar-refractivity contribution in [2.75, 3.05) is 0 Å². The molecule has 134 valence electrons. The molecule has 1 aromatic carbocycles. The minimum absolute atomic E-state index is 0.0711. The van der Waals surface area contributed by atoms with E-state index in [9.17, 15) is 19.3 Å². The molecule has 1 N–H and O–H groups in total. The van der Waals surface area contributed by atoms with E-state index < -0.39 is 10.9 Å². The number of nitrogens with one attached hydrogen (secondary N) is 1. The van der Waals surface area contributed by atoms with Gasteiger partial charge in [0.15, 0.2) is 0 Å². The second-order valence-corrected chi connectivity index (χ2v) is 6.94. The van der Waals surface area contributed by atoms with Gasteiger partial charge in [-0.3, -0.25) is 4.79 Å². The second-order valence-electron chi connectivity index (χ2n) is 6.94. The topological polar surface area (TPSA) is 103 Å². The highest BCUT2D eigenvalue weighted by atomic mass is 19.1. The molecular formula is C16H20FN5O3. The number of hydrogen-bond donors (Lipinski definition) is 1. The molecule has 0 bridgehead atoms. The Bertz CT molecular complexity index is 752. The summed E-state index contributed by atoms with van der Waals surface area (Å²) >= 11 is 0. The molecule has 0 saturated carbocycles. The maximum Gasteiger partial charge on any atom is 0.490 e. The van der Waals surface area contributed by atoms with Crippen LogP contribution in [0.2, 0.25) is 0 Å². The second kappa shape index (κ2) is 7.37. The maximum absolute atomic E-state index is 13.1. The van der Waals surface area contributed by atoms with Gasteiger partial charge in [-0.1, -0.05) is 37.9 Å². The first-order chi connectivity index (χ1) is 11.6. The molecule has 9 heteroatoms. The lowest BCUT2D eigenvalue weighted by molar-refractivity contribution is -0.394. The molecule has 2 rings (SSSR count). The Morgan fingerprint density at radius 1 is 1.36 bits per heavy atom. The molecular weight excluding hydrogens is 329 g/mol. The van der Waals surface area contributed by atoms with Crippen LogP contribution in [0.4, 0.5) is 10.3 Å². The Morgan fingerprint density at radius 3 is 2.52 bits per heavy atom. The van der Waals surface area contributed by atoms with Gasteiger partial charge >= 0.3 is 5.95 Å². The number of amides is 1. The number of aromatic nitrogens is 3. The maximum atomic E-state index is 13.1. The van der Waals surface area contributed by atoms with Crippen molar-refractivity contribution in [2.45, 2.75) is 39.8 Å². The summed E-state index contributed by atoms with van der Waals surface area (Å²) in [4.78, 5) is 25.6. The summed E-state index contributed by atoms with van der Waals surface area (Å²) in [6.07, 6.45) is 1.77. The average Bonchev–Trinajstić information content (AvgIpc) is 2.94. The van der Waals surface area contributed by atoms with Crippen molar-refractivity contribution in [1.29, 1.82) is 0 Å². The van der Waals surface area contributed by atoms with Crippen LogP contribution in [0.25, 0.3) is 0 Å². The molecule has 1 aromatic heterocycles. The monoisotopic (exact) mass is 349 g/mol. The molecule has 8 nitrogen and oxygen atoms in total. The molecule has 1 heterocycles. The van der Waals surface area contributed by atoms with Crippen LogP contribution in [0, 0.1) is 21.3 Å². The van der Waals surface area contributed by atoms with Gasteiger partial charge in [-0.25, -0.2) is 4.39 Å². The molecule has 0 unspecified atom stereocenters. The Labute approximate surface area is 144 Å². The molecule has 25 heavy (non-hydrogen) atoms. The van der Waals surface area contributed by atoms with E-state index >= 15 is 0 Å². The van der Waals surface area contributed by atoms with Crippen molar-refractivity contribution in [3.8, 4) is 0 Å². The zero-order chi connectivity index (χ0) is 18.6. The number of halogens is 1. The highest BCUT2D eigenvalue weighted by Gasteiger charge is 2.23. The lowest BCUT2D eigenvalue weighted by Gasteiger charge is -2.27. The standard InChI is InChI=1S/C16H20FN5O3/c1-16(2,3)8-13(11-4-6-12(17)7-5-11)19-14(23)9-21-10-18-15(20-21)22(24)25/h4-7,10,13H,8-9H2,1-3H3,(H,19,23)/t13-/m0/s1. The van der Waals surface area contributed by atoms with E-state index in [1.165, 1.54) is 12.1 Å². The van der Waals surface area contributed by atoms with Gasteiger partial charge < -0.3 is 15.4 Å². The van der Waals surface area contributed by atoms with Gasteiger partial charge in [0.2, 0.25) is 12.2 Å². The summed E-state index contributed by atoms with van der Waals surface area (Å²) in [6.45, 7) is 5.92. The Hall–Kier alpha value is -2.84. The third-order valence-corrected chi connectivity index (χ3v) is 3.42. The fourth-order valence-electron chi connectivity index (χ4n) is 2.39. The van der Waals surface area contributed by atoms with Crippen LogP contribution in [-0.2, 0) is 11.3 Å². The fraction of sp³-hybridized carbons (Fsp3) is 0.438. The van der Waals surface area contributed by atoms with Crippen molar-refractivity contribution in [3.63, 3.8) is 0 Å². The molecule has 2 aromatic rings. The summed E-state index contributed by atoms with van der Waals surface area (Å²) < 4.78 is 14.2. The largest absolute Gasteiger partial charge is 0.490 e. The third kappa shape index (κ3) is 5.63. The zero-order valence-corrected chi connectivity index (χ0v) is 14.3. The number of rotatable bonds is 6. The first kappa shape index (κ1) is 18.5. The number of nitrogens with zero attached hydrogens (tertiary/aromatic N) is 4. The SMILES string of the molecule is CC(C)(C)C[C@H](NC(=O)Cn1cnc([N+](=O)[O-])n1)c1ccc(F)cc1. The number of carbonyl (C=O) groups is 1. The van der Waals surface area contributed by atoms with Crippen molar-refractivity contribution in [2.24, 2.45) is 5.41 Å². The summed E-state index contributed by atoms with van der Waals surface area (Å²) in [7, 11) is 0. The van der Waals surface area contributed by atoms with Crippen LogP contribution in [0.15, 0.2) is 30.6 Å². The number of benzene rings is 1. The molecule has 1 atom stereocenters. The third-order valence-electron chi connectivity index (χ3n) is 3.42. The van der Waals surface area contributed by atoms with Crippen molar-refractivity contribution < 1.29 is 14.1 Å². The van der Waals surface area contributed by atoms with Gasteiger partial charge in [0.05, 0.1) is 6.04 Å². The smallest absolute Gasteiger partial charge is 0.390 e. The van der Waals surface area contributed by atoms with E-state index in [0.29, 0.717) is 6.42 Å². The minimum atomic E-state index is -0.727. The van der Waals surface area contributed by atoms with E-state index in [-0.39, 0.29) is 29.7 Å². The highest BCUT2D eigenvalue weighted by molar-refractivity contribution is 5.76. The van der Waals surface area contributed by atoms with Crippen LogP contribution in [-0.4, -0.2) is 25.6 Å². The lowest BCUT2D eigenvalue weighted by Crippen LogP contribution is -2.33. The molecule has 0 radical (unpaired) electrons. The van der Waals surface area contributed by atoms with Gasteiger partial charge in [0.25, 0.3) is 0 Å². The Balaban J connectivity index is 2.10. The van der Waals surface area contributed by atoms with Crippen molar-refractivity contribution in [3.05, 3.63) is 52.1 Å². The van der Waals surface area contributed by atoms with E-state index in [4.69, 9.17) is 0 Å². The highest BCUT2D eigenvalue weighted by Crippen LogP contribution is 2.29. The number of nitro groups is 1. The quantitative estimate of drug-likeness (QED) is 0.638. The van der Waals surface area contributed by atoms with Gasteiger partial charge in [-0.2, -0.15) is 4.68 Å². The Kier molecular flexibility index (Phi) is 5.45. The van der Waals surface area contributed by atoms with Gasteiger partial charge in [-0.15, -0.1) is 0 Å². The fourth-order valence-corrected chi connectivity index (χ4v) is 2.39. The van der Waals surface area contributed by atoms with E-state index in [0.717, 1.165) is 16.6 Å². The first-order valence-electron chi connectivity index (χ1n) is 7.73. The lowest BCUT2D eigenvalue weighted by atomic mass is 9.85. The van der Waals surface area contributed by atoms with Crippen LogP contribution in [0.5, 0.6) is 0 Å². The summed E-state index contributed by atoms with van der Waals surface area (Å²) in [5.41, 5.74) is 0.715. The van der Waals surface area contributed by atoms with Gasteiger partial charge in [-0.05, 0) is 34.5 Å². The molecule has 0 aliphatic rings. The van der Waals surface area contributed by atoms with Crippen molar-refractivity contribution >= 4 is 11.9 Å². The predicted octanol–water partition coefficient (Wildman–Crippen LogP) is 2.62. The molecule has 0 fully saturated rings. The van der Waals surface area contributed by atoms with Gasteiger partial charge in [0.1, 0.15) is 12.4 Å². The molecule has 1 amide bonds.